The third-order valence-corrected chi connectivity index (χ3v) is 3.00. The Hall–Kier alpha value is -2.73. The molecular weight excluding hydrogens is 300 g/mol. The highest BCUT2D eigenvalue weighted by Crippen LogP contribution is 2.30. The van der Waals surface area contributed by atoms with Crippen LogP contribution in [0.15, 0.2) is 11.4 Å². The number of nitro groups is 1. The summed E-state index contributed by atoms with van der Waals surface area (Å²) in [7, 11) is 0. The third kappa shape index (κ3) is 2.96. The van der Waals surface area contributed by atoms with Gasteiger partial charge in [0.05, 0.1) is 17.6 Å². The zero-order valence-electron chi connectivity index (χ0n) is 11.0. The maximum absolute atomic E-state index is 11.0. The van der Waals surface area contributed by atoms with E-state index in [1.165, 1.54) is 0 Å². The van der Waals surface area contributed by atoms with Crippen molar-refractivity contribution in [2.24, 2.45) is 5.11 Å². The van der Waals surface area contributed by atoms with Crippen LogP contribution in [0.5, 0.6) is 0 Å². The number of aromatic nitrogens is 2. The highest BCUT2D eigenvalue weighted by atomic mass is 16.6. The minimum absolute atomic E-state index is 0.207. The molecule has 1 aliphatic rings. The average molecular weight is 312 g/mol. The van der Waals surface area contributed by atoms with E-state index in [2.05, 4.69) is 25.3 Å². The second-order valence-corrected chi connectivity index (χ2v) is 4.35. The van der Waals surface area contributed by atoms with E-state index in [0.717, 1.165) is 6.33 Å². The van der Waals surface area contributed by atoms with Gasteiger partial charge >= 0.3 is 5.69 Å². The molecule has 2 heterocycles. The first-order valence-electron chi connectivity index (χ1n) is 5.99. The van der Waals surface area contributed by atoms with E-state index in [-0.39, 0.29) is 18.2 Å². The number of hydrogen-bond acceptors (Lipinski definition) is 10. The first-order valence-corrected chi connectivity index (χ1v) is 5.99. The second-order valence-electron chi connectivity index (χ2n) is 4.35. The van der Waals surface area contributed by atoms with Crippen molar-refractivity contribution < 1.29 is 19.9 Å². The van der Waals surface area contributed by atoms with Crippen LogP contribution in [0.2, 0.25) is 0 Å². The summed E-state index contributed by atoms with van der Waals surface area (Å²) in [5.41, 5.74) is 13.1. The summed E-state index contributed by atoms with van der Waals surface area (Å²) in [6.07, 6.45) is -3.89. The number of nitrogens with zero attached hydrogens (tertiary/aromatic N) is 6. The number of hydrogen-bond donors (Lipinski definition) is 4. The molecule has 0 radical (unpaired) electrons. The van der Waals surface area contributed by atoms with Gasteiger partial charge < -0.3 is 26.0 Å². The van der Waals surface area contributed by atoms with Crippen LogP contribution in [-0.4, -0.2) is 56.2 Å². The number of nitrogens with two attached hydrogens (primary N) is 1. The minimum Gasteiger partial charge on any atom is -0.388 e. The smallest absolute Gasteiger partial charge is 0.353 e. The van der Waals surface area contributed by atoms with Gasteiger partial charge in [-0.05, 0) is 5.53 Å². The number of aliphatic hydroxyl groups excluding tert-OH is 2. The number of nitrogen functional groups attached to an aromatic ring is 1. The number of azide groups is 1. The van der Waals surface area contributed by atoms with Crippen LogP contribution < -0.4 is 11.1 Å². The van der Waals surface area contributed by atoms with Gasteiger partial charge in [0, 0.05) is 4.91 Å². The zero-order valence-corrected chi connectivity index (χ0v) is 11.0. The molecule has 0 saturated carbocycles. The van der Waals surface area contributed by atoms with Crippen LogP contribution in [0.4, 0.5) is 17.3 Å². The van der Waals surface area contributed by atoms with Crippen molar-refractivity contribution in [1.82, 2.24) is 9.97 Å². The van der Waals surface area contributed by atoms with Crippen molar-refractivity contribution in [2.45, 2.75) is 24.5 Å². The average Bonchev–Trinajstić information content (AvgIpc) is 2.73. The van der Waals surface area contributed by atoms with E-state index in [9.17, 15) is 20.3 Å². The highest BCUT2D eigenvalue weighted by molar-refractivity contribution is 5.67. The Bertz CT molecular complexity index is 620. The normalized spacial score (nSPS) is 27.2. The van der Waals surface area contributed by atoms with Crippen molar-refractivity contribution in [1.29, 1.82) is 0 Å². The number of rotatable bonds is 5. The lowest BCUT2D eigenvalue weighted by molar-refractivity contribution is -0.383. The standard InChI is InChI=1S/C9H12N8O5/c10-7-4(17(20)21)8(13-2-12-7)15-9-6(19)5(18)3(22-9)1-14-16-11/h2-3,5-6,9,18-19H,1H2,(H3,10,12,13,15)/t3-,5-,6-,9-/m1/s1. The number of anilines is 2. The quantitative estimate of drug-likeness (QED) is 0.175. The second kappa shape index (κ2) is 6.36. The molecule has 0 aliphatic carbocycles. The fraction of sp³-hybridized carbons (Fsp3) is 0.556. The summed E-state index contributed by atoms with van der Waals surface area (Å²) < 4.78 is 5.27. The third-order valence-electron chi connectivity index (χ3n) is 3.00. The number of nitrogens with one attached hydrogen (secondary N) is 1. The van der Waals surface area contributed by atoms with Crippen molar-refractivity contribution in [3.8, 4) is 0 Å². The van der Waals surface area contributed by atoms with E-state index in [0.29, 0.717) is 0 Å². The number of aliphatic hydroxyl groups is 2. The first-order chi connectivity index (χ1) is 10.5. The molecule has 0 bridgehead atoms. The first kappa shape index (κ1) is 15.7. The predicted molar refractivity (Wildman–Crippen MR) is 71.4 cm³/mol. The van der Waals surface area contributed by atoms with Gasteiger partial charge in [0.25, 0.3) is 0 Å². The maximum Gasteiger partial charge on any atom is 0.353 e. The summed E-state index contributed by atoms with van der Waals surface area (Å²) >= 11 is 0. The van der Waals surface area contributed by atoms with Gasteiger partial charge in [-0.2, -0.15) is 0 Å². The molecule has 5 N–H and O–H groups in total. The molecule has 1 aromatic rings. The van der Waals surface area contributed by atoms with Gasteiger partial charge in [0.1, 0.15) is 18.5 Å². The lowest BCUT2D eigenvalue weighted by Crippen LogP contribution is -2.36. The lowest BCUT2D eigenvalue weighted by Gasteiger charge is -2.16. The Morgan fingerprint density at radius 1 is 1.55 bits per heavy atom. The SMILES string of the molecule is [N-]=[N+]=NC[C@H]1O[C@@H](Nc2ncnc(N)c2[N+](=O)[O-])[C@H](O)[C@@H]1O. The summed E-state index contributed by atoms with van der Waals surface area (Å²) in [4.78, 5) is 19.9. The van der Waals surface area contributed by atoms with Crippen molar-refractivity contribution >= 4 is 17.3 Å². The highest BCUT2D eigenvalue weighted by Gasteiger charge is 2.43. The fourth-order valence-electron chi connectivity index (χ4n) is 1.95. The van der Waals surface area contributed by atoms with E-state index in [4.69, 9.17) is 16.0 Å². The molecule has 2 rings (SSSR count). The predicted octanol–water partition coefficient (Wildman–Crippen LogP) is -0.864. The van der Waals surface area contributed by atoms with Gasteiger partial charge in [0.15, 0.2) is 6.23 Å². The topological polar surface area (TPSA) is 205 Å². The molecule has 1 aliphatic heterocycles. The molecule has 1 saturated heterocycles. The van der Waals surface area contributed by atoms with E-state index < -0.39 is 35.2 Å². The van der Waals surface area contributed by atoms with Crippen LogP contribution in [-0.2, 0) is 4.74 Å². The van der Waals surface area contributed by atoms with Crippen LogP contribution in [0.1, 0.15) is 0 Å². The van der Waals surface area contributed by atoms with Gasteiger partial charge in [0.2, 0.25) is 11.6 Å². The molecule has 118 valence electrons. The Kier molecular flexibility index (Phi) is 4.53. The maximum atomic E-state index is 11.0. The fourth-order valence-corrected chi connectivity index (χ4v) is 1.95. The molecule has 0 amide bonds. The lowest BCUT2D eigenvalue weighted by atomic mass is 10.1. The molecular formula is C9H12N8O5. The van der Waals surface area contributed by atoms with Gasteiger partial charge in [-0.1, -0.05) is 5.11 Å². The molecule has 13 heteroatoms. The Balaban J connectivity index is 2.19. The minimum atomic E-state index is -1.41. The van der Waals surface area contributed by atoms with Crippen molar-refractivity contribution in [3.63, 3.8) is 0 Å². The molecule has 0 unspecified atom stereocenters. The van der Waals surface area contributed by atoms with E-state index in [1.807, 2.05) is 0 Å². The van der Waals surface area contributed by atoms with Crippen LogP contribution in [0.3, 0.4) is 0 Å². The van der Waals surface area contributed by atoms with Gasteiger partial charge in [-0.25, -0.2) is 9.97 Å². The van der Waals surface area contributed by atoms with E-state index >= 15 is 0 Å². The Morgan fingerprint density at radius 2 is 2.27 bits per heavy atom. The number of ether oxygens (including phenoxy) is 1. The molecule has 0 spiro atoms. The summed E-state index contributed by atoms with van der Waals surface area (Å²) in [6, 6.07) is 0. The van der Waals surface area contributed by atoms with Crippen molar-refractivity contribution in [2.75, 3.05) is 17.6 Å². The zero-order chi connectivity index (χ0) is 16.3. The summed E-state index contributed by atoms with van der Waals surface area (Å²) in [5.74, 6) is -0.626. The van der Waals surface area contributed by atoms with Gasteiger partial charge in [-0.3, -0.25) is 10.1 Å². The summed E-state index contributed by atoms with van der Waals surface area (Å²) in [5, 5.41) is 36.3. The monoisotopic (exact) mass is 312 g/mol. The van der Waals surface area contributed by atoms with E-state index in [1.54, 1.807) is 0 Å². The molecule has 4 atom stereocenters. The largest absolute Gasteiger partial charge is 0.388 e. The Morgan fingerprint density at radius 3 is 2.91 bits per heavy atom. The van der Waals surface area contributed by atoms with Crippen LogP contribution in [0.25, 0.3) is 10.4 Å². The molecule has 0 aromatic carbocycles. The van der Waals surface area contributed by atoms with Crippen LogP contribution in [0, 0.1) is 10.1 Å². The molecule has 1 aromatic heterocycles. The molecule has 22 heavy (non-hydrogen) atoms. The molecule has 13 nitrogen and oxygen atoms in total. The van der Waals surface area contributed by atoms with Gasteiger partial charge in [-0.15, -0.1) is 0 Å². The molecule has 1 fully saturated rings. The Labute approximate surface area is 122 Å². The van der Waals surface area contributed by atoms with Crippen molar-refractivity contribution in [3.05, 3.63) is 26.9 Å². The summed E-state index contributed by atoms with van der Waals surface area (Å²) in [6.45, 7) is -0.207. The van der Waals surface area contributed by atoms with Crippen LogP contribution >= 0.6 is 0 Å².